The van der Waals surface area contributed by atoms with E-state index in [1.54, 1.807) is 14.0 Å². The summed E-state index contributed by atoms with van der Waals surface area (Å²) in [4.78, 5) is 0.162. The highest BCUT2D eigenvalue weighted by Gasteiger charge is 2.28. The van der Waals surface area contributed by atoms with Crippen molar-refractivity contribution in [3.05, 3.63) is 45.7 Å². The molecule has 0 aliphatic carbocycles. The van der Waals surface area contributed by atoms with Gasteiger partial charge in [-0.1, -0.05) is 28.1 Å². The van der Waals surface area contributed by atoms with E-state index in [4.69, 9.17) is 11.6 Å². The topological polar surface area (TPSA) is 66.1 Å². The summed E-state index contributed by atoms with van der Waals surface area (Å²) in [6.45, 7) is 1.94. The summed E-state index contributed by atoms with van der Waals surface area (Å²) in [5.74, 6) is 0.0453. The maximum atomic E-state index is 12.7. The molecule has 0 aliphatic heterocycles. The quantitative estimate of drug-likeness (QED) is 0.795. The third-order valence-corrected chi connectivity index (χ3v) is 5.80. The van der Waals surface area contributed by atoms with Crippen LogP contribution in [0.4, 0.5) is 0 Å². The van der Waals surface area contributed by atoms with Crippen molar-refractivity contribution in [1.82, 2.24) is 14.5 Å². The normalized spacial score (nSPS) is 12.0. The molecule has 114 valence electrons. The highest BCUT2D eigenvalue weighted by Crippen LogP contribution is 2.24. The van der Waals surface area contributed by atoms with Crippen LogP contribution in [0.5, 0.6) is 0 Å². The summed E-state index contributed by atoms with van der Waals surface area (Å²) in [5.41, 5.74) is 1.73. The largest absolute Gasteiger partial charge is 0.281 e. The van der Waals surface area contributed by atoms with Crippen LogP contribution >= 0.6 is 27.5 Å². The van der Waals surface area contributed by atoms with E-state index in [-0.39, 0.29) is 17.3 Å². The van der Waals surface area contributed by atoms with Crippen LogP contribution in [0.25, 0.3) is 0 Å². The second-order valence-corrected chi connectivity index (χ2v) is 7.81. The number of benzene rings is 1. The van der Waals surface area contributed by atoms with Crippen molar-refractivity contribution >= 4 is 37.6 Å². The van der Waals surface area contributed by atoms with Gasteiger partial charge in [0.1, 0.15) is 4.90 Å². The smallest absolute Gasteiger partial charge is 0.246 e. The Morgan fingerprint density at radius 1 is 1.43 bits per heavy atom. The van der Waals surface area contributed by atoms with Crippen LogP contribution in [-0.2, 0) is 22.4 Å². The second kappa shape index (κ2) is 6.48. The molecule has 0 saturated carbocycles. The van der Waals surface area contributed by atoms with Crippen LogP contribution < -0.4 is 0 Å². The number of sulfonamides is 1. The van der Waals surface area contributed by atoms with E-state index >= 15 is 0 Å². The van der Waals surface area contributed by atoms with E-state index in [1.807, 2.05) is 24.3 Å². The Morgan fingerprint density at radius 2 is 2.14 bits per heavy atom. The van der Waals surface area contributed by atoms with Crippen LogP contribution in [-0.4, -0.2) is 30.0 Å². The maximum Gasteiger partial charge on any atom is 0.246 e. The van der Waals surface area contributed by atoms with Crippen molar-refractivity contribution in [3.63, 3.8) is 0 Å². The van der Waals surface area contributed by atoms with Crippen molar-refractivity contribution in [2.24, 2.45) is 0 Å². The minimum Gasteiger partial charge on any atom is -0.281 e. The fraction of sp³-hybridized carbons (Fsp3) is 0.308. The predicted octanol–water partition coefficient (Wildman–Crippen LogP) is 3.04. The Bertz CT molecular complexity index is 746. The lowest BCUT2D eigenvalue weighted by molar-refractivity contribution is 0.465. The monoisotopic (exact) mass is 391 g/mol. The Hall–Kier alpha value is -0.890. The first-order chi connectivity index (χ1) is 9.86. The van der Waals surface area contributed by atoms with Crippen LogP contribution in [0, 0.1) is 6.92 Å². The molecule has 0 bridgehead atoms. The van der Waals surface area contributed by atoms with E-state index in [2.05, 4.69) is 26.1 Å². The first-order valence-corrected chi connectivity index (χ1v) is 8.93. The van der Waals surface area contributed by atoms with Gasteiger partial charge in [0, 0.05) is 18.1 Å². The molecule has 8 heteroatoms. The molecule has 5 nitrogen and oxygen atoms in total. The molecular weight excluding hydrogens is 378 g/mol. The second-order valence-electron chi connectivity index (χ2n) is 4.65. The predicted molar refractivity (Wildman–Crippen MR) is 85.7 cm³/mol. The summed E-state index contributed by atoms with van der Waals surface area (Å²) < 4.78 is 27.6. The van der Waals surface area contributed by atoms with Crippen molar-refractivity contribution in [3.8, 4) is 0 Å². The van der Waals surface area contributed by atoms with Crippen molar-refractivity contribution in [2.75, 3.05) is 7.05 Å². The van der Waals surface area contributed by atoms with Gasteiger partial charge in [-0.25, -0.2) is 8.42 Å². The number of aromatic amines is 1. The van der Waals surface area contributed by atoms with Gasteiger partial charge in [-0.05, 0) is 24.6 Å². The molecule has 21 heavy (non-hydrogen) atoms. The lowest BCUT2D eigenvalue weighted by Gasteiger charge is -2.17. The molecule has 1 aromatic carbocycles. The SMILES string of the molecule is Cc1[nH]nc(CCl)c1S(=O)(=O)N(C)Cc1cccc(Br)c1. The Morgan fingerprint density at radius 3 is 2.76 bits per heavy atom. The van der Waals surface area contributed by atoms with E-state index in [1.165, 1.54) is 4.31 Å². The number of aromatic nitrogens is 2. The van der Waals surface area contributed by atoms with Crippen LogP contribution in [0.1, 0.15) is 17.0 Å². The number of rotatable bonds is 5. The number of halogens is 2. The molecule has 0 radical (unpaired) electrons. The van der Waals surface area contributed by atoms with Crippen molar-refractivity contribution in [1.29, 1.82) is 0 Å². The van der Waals surface area contributed by atoms with E-state index in [0.717, 1.165) is 10.0 Å². The molecule has 0 spiro atoms. The molecule has 0 atom stereocenters. The molecule has 0 saturated heterocycles. The third kappa shape index (κ3) is 3.48. The average molecular weight is 393 g/mol. The zero-order valence-electron chi connectivity index (χ0n) is 11.6. The van der Waals surface area contributed by atoms with Gasteiger partial charge >= 0.3 is 0 Å². The van der Waals surface area contributed by atoms with Gasteiger partial charge in [0.2, 0.25) is 10.0 Å². The number of alkyl halides is 1. The average Bonchev–Trinajstić information content (AvgIpc) is 2.80. The molecule has 0 amide bonds. The Balaban J connectivity index is 2.33. The molecule has 0 aliphatic rings. The van der Waals surface area contributed by atoms with Crippen molar-refractivity contribution < 1.29 is 8.42 Å². The van der Waals surface area contributed by atoms with E-state index < -0.39 is 10.0 Å². The third-order valence-electron chi connectivity index (χ3n) is 3.05. The molecule has 0 unspecified atom stereocenters. The van der Waals surface area contributed by atoms with Crippen LogP contribution in [0.15, 0.2) is 33.6 Å². The summed E-state index contributed by atoms with van der Waals surface area (Å²) in [7, 11) is -2.10. The standard InChI is InChI=1S/C13H15BrClN3O2S/c1-9-13(12(7-15)17-16-9)21(19,20)18(2)8-10-4-3-5-11(14)6-10/h3-6H,7-8H2,1-2H3,(H,16,17). The minimum absolute atomic E-state index is 0.0453. The zero-order valence-corrected chi connectivity index (χ0v) is 14.8. The molecular formula is C13H15BrClN3O2S. The van der Waals surface area contributed by atoms with Crippen LogP contribution in [0.3, 0.4) is 0 Å². The lowest BCUT2D eigenvalue weighted by Crippen LogP contribution is -2.27. The Kier molecular flexibility index (Phi) is 5.08. The number of H-pyrrole nitrogens is 1. The van der Waals surface area contributed by atoms with Gasteiger partial charge in [0.15, 0.2) is 0 Å². The molecule has 1 aromatic heterocycles. The summed E-state index contributed by atoms with van der Waals surface area (Å²) in [6, 6.07) is 7.52. The van der Waals surface area contributed by atoms with Gasteiger partial charge in [0.05, 0.1) is 17.3 Å². The lowest BCUT2D eigenvalue weighted by atomic mass is 10.2. The summed E-state index contributed by atoms with van der Waals surface area (Å²) in [6.07, 6.45) is 0. The number of hydrogen-bond donors (Lipinski definition) is 1. The maximum absolute atomic E-state index is 12.7. The highest BCUT2D eigenvalue weighted by atomic mass is 79.9. The van der Waals surface area contributed by atoms with Gasteiger partial charge in [-0.2, -0.15) is 9.40 Å². The molecule has 0 fully saturated rings. The fourth-order valence-corrected chi connectivity index (χ4v) is 4.23. The molecule has 1 heterocycles. The molecule has 2 rings (SSSR count). The summed E-state index contributed by atoms with van der Waals surface area (Å²) >= 11 is 9.14. The molecule has 2 aromatic rings. The zero-order chi connectivity index (χ0) is 15.6. The van der Waals surface area contributed by atoms with Gasteiger partial charge in [0.25, 0.3) is 0 Å². The van der Waals surface area contributed by atoms with E-state index in [9.17, 15) is 8.42 Å². The molecule has 1 N–H and O–H groups in total. The summed E-state index contributed by atoms with van der Waals surface area (Å²) in [5, 5.41) is 6.61. The van der Waals surface area contributed by atoms with Gasteiger partial charge < -0.3 is 0 Å². The fourth-order valence-electron chi connectivity index (χ4n) is 2.04. The number of nitrogens with zero attached hydrogens (tertiary/aromatic N) is 2. The number of hydrogen-bond acceptors (Lipinski definition) is 3. The van der Waals surface area contributed by atoms with E-state index in [0.29, 0.717) is 11.4 Å². The number of aryl methyl sites for hydroxylation is 1. The first-order valence-electron chi connectivity index (χ1n) is 6.17. The first kappa shape index (κ1) is 16.5. The number of nitrogens with one attached hydrogen (secondary N) is 1. The Labute approximate surface area is 137 Å². The van der Waals surface area contributed by atoms with Crippen LogP contribution in [0.2, 0.25) is 0 Å². The van der Waals surface area contributed by atoms with Crippen molar-refractivity contribution in [2.45, 2.75) is 24.2 Å². The van der Waals surface area contributed by atoms with Gasteiger partial charge in [-0.3, -0.25) is 5.10 Å². The minimum atomic E-state index is -3.64. The van der Waals surface area contributed by atoms with Gasteiger partial charge in [-0.15, -0.1) is 11.6 Å². The highest BCUT2D eigenvalue weighted by molar-refractivity contribution is 9.10.